The van der Waals surface area contributed by atoms with E-state index in [-0.39, 0.29) is 12.4 Å². The van der Waals surface area contributed by atoms with E-state index < -0.39 is 0 Å². The fraction of sp³-hybridized carbons (Fsp3) is 0.333. The Morgan fingerprint density at radius 3 is 2.61 bits per heavy atom. The Bertz CT molecular complexity index is 491. The van der Waals surface area contributed by atoms with Crippen LogP contribution in [0, 0.1) is 6.92 Å². The zero-order chi connectivity index (χ0) is 12.3. The number of thiophene rings is 1. The molecule has 1 N–H and O–H groups in total. The fourth-order valence-electron chi connectivity index (χ4n) is 1.73. The van der Waals surface area contributed by atoms with Crippen LogP contribution < -0.4 is 5.32 Å². The van der Waals surface area contributed by atoms with Crippen LogP contribution in [0.5, 0.6) is 0 Å². The lowest BCUT2D eigenvalue weighted by Crippen LogP contribution is -2.21. The van der Waals surface area contributed by atoms with E-state index in [0.29, 0.717) is 6.04 Å². The van der Waals surface area contributed by atoms with Crippen molar-refractivity contribution in [3.63, 3.8) is 0 Å². The van der Waals surface area contributed by atoms with E-state index in [0.717, 1.165) is 6.54 Å². The molecule has 18 heavy (non-hydrogen) atoms. The van der Waals surface area contributed by atoms with Crippen LogP contribution in [0.4, 0.5) is 0 Å². The van der Waals surface area contributed by atoms with Gasteiger partial charge in [-0.25, -0.2) is 0 Å². The number of halogens is 1. The van der Waals surface area contributed by atoms with Crippen molar-refractivity contribution < 1.29 is 0 Å². The summed E-state index contributed by atoms with van der Waals surface area (Å²) in [5, 5.41) is 3.45. The first-order valence-electron chi connectivity index (χ1n) is 6.04. The number of hydrogen-bond acceptors (Lipinski definition) is 2. The molecule has 2 rings (SSSR count). The lowest BCUT2D eigenvalue weighted by molar-refractivity contribution is 0.593. The Balaban J connectivity index is 0.00000162. The minimum atomic E-state index is 0. The van der Waals surface area contributed by atoms with Gasteiger partial charge in [-0.05, 0) is 24.6 Å². The minimum Gasteiger partial charge on any atom is -0.310 e. The molecule has 0 aliphatic carbocycles. The van der Waals surface area contributed by atoms with Crippen molar-refractivity contribution in [2.45, 2.75) is 33.4 Å². The van der Waals surface area contributed by atoms with Crippen LogP contribution in [0.25, 0.3) is 10.4 Å². The Hall–Kier alpha value is -0.830. The van der Waals surface area contributed by atoms with Crippen LogP contribution >= 0.6 is 23.7 Å². The molecule has 0 spiro atoms. The van der Waals surface area contributed by atoms with Gasteiger partial charge >= 0.3 is 0 Å². The maximum atomic E-state index is 3.45. The second-order valence-electron chi connectivity index (χ2n) is 4.67. The number of rotatable bonds is 4. The number of nitrogens with one attached hydrogen (secondary N) is 1. The summed E-state index contributed by atoms with van der Waals surface area (Å²) < 4.78 is 0. The van der Waals surface area contributed by atoms with E-state index in [9.17, 15) is 0 Å². The van der Waals surface area contributed by atoms with Gasteiger partial charge in [-0.3, -0.25) is 0 Å². The average molecular weight is 282 g/mol. The van der Waals surface area contributed by atoms with Gasteiger partial charge in [0, 0.05) is 22.3 Å². The zero-order valence-corrected chi connectivity index (χ0v) is 12.7. The van der Waals surface area contributed by atoms with Crippen molar-refractivity contribution >= 4 is 23.7 Å². The summed E-state index contributed by atoms with van der Waals surface area (Å²) in [6.07, 6.45) is 0. The molecular weight excluding hydrogens is 262 g/mol. The maximum absolute atomic E-state index is 3.45. The van der Waals surface area contributed by atoms with Gasteiger partial charge in [0.05, 0.1) is 0 Å². The standard InChI is InChI=1S/C15H19NS.ClH/c1-11(2)16-10-14-7-8-15(17-14)13-6-4-5-12(3)9-13;/h4-9,11,16H,10H2,1-3H3;1H. The maximum Gasteiger partial charge on any atom is 0.0346 e. The third kappa shape index (κ3) is 4.13. The predicted molar refractivity (Wildman–Crippen MR) is 83.7 cm³/mol. The molecule has 1 aromatic carbocycles. The van der Waals surface area contributed by atoms with Crippen molar-refractivity contribution in [1.82, 2.24) is 5.32 Å². The molecule has 0 saturated heterocycles. The number of hydrogen-bond donors (Lipinski definition) is 1. The van der Waals surface area contributed by atoms with Crippen molar-refractivity contribution in [2.24, 2.45) is 0 Å². The highest BCUT2D eigenvalue weighted by Crippen LogP contribution is 2.28. The third-order valence-corrected chi connectivity index (χ3v) is 3.78. The second kappa shape index (κ2) is 6.93. The van der Waals surface area contributed by atoms with Gasteiger partial charge < -0.3 is 5.32 Å². The van der Waals surface area contributed by atoms with Crippen LogP contribution in [0.15, 0.2) is 36.4 Å². The summed E-state index contributed by atoms with van der Waals surface area (Å²) in [5.74, 6) is 0. The highest BCUT2D eigenvalue weighted by molar-refractivity contribution is 7.15. The van der Waals surface area contributed by atoms with Gasteiger partial charge in [0.1, 0.15) is 0 Å². The van der Waals surface area contributed by atoms with Gasteiger partial charge in [0.25, 0.3) is 0 Å². The van der Waals surface area contributed by atoms with Gasteiger partial charge in [-0.15, -0.1) is 23.7 Å². The number of benzene rings is 1. The highest BCUT2D eigenvalue weighted by Gasteiger charge is 2.03. The summed E-state index contributed by atoms with van der Waals surface area (Å²) >= 11 is 1.87. The molecule has 3 heteroatoms. The Morgan fingerprint density at radius 1 is 1.17 bits per heavy atom. The van der Waals surface area contributed by atoms with Crippen molar-refractivity contribution in [3.8, 4) is 10.4 Å². The highest BCUT2D eigenvalue weighted by atomic mass is 35.5. The monoisotopic (exact) mass is 281 g/mol. The molecule has 98 valence electrons. The van der Waals surface area contributed by atoms with E-state index in [1.807, 2.05) is 11.3 Å². The molecule has 0 amide bonds. The first-order valence-corrected chi connectivity index (χ1v) is 6.86. The molecule has 0 atom stereocenters. The largest absolute Gasteiger partial charge is 0.310 e. The summed E-state index contributed by atoms with van der Waals surface area (Å²) in [7, 11) is 0. The summed E-state index contributed by atoms with van der Waals surface area (Å²) in [6, 6.07) is 13.7. The molecule has 1 heterocycles. The fourth-order valence-corrected chi connectivity index (χ4v) is 2.69. The lowest BCUT2D eigenvalue weighted by Gasteiger charge is -2.05. The molecule has 0 aliphatic heterocycles. The molecule has 1 aromatic heterocycles. The van der Waals surface area contributed by atoms with Crippen LogP contribution in [-0.2, 0) is 6.54 Å². The summed E-state index contributed by atoms with van der Waals surface area (Å²) in [5.41, 5.74) is 2.64. The van der Waals surface area contributed by atoms with Gasteiger partial charge in [-0.2, -0.15) is 0 Å². The van der Waals surface area contributed by atoms with Crippen molar-refractivity contribution in [3.05, 3.63) is 46.8 Å². The van der Waals surface area contributed by atoms with Crippen LogP contribution in [0.1, 0.15) is 24.3 Å². The quantitative estimate of drug-likeness (QED) is 0.861. The van der Waals surface area contributed by atoms with E-state index in [1.54, 1.807) is 0 Å². The molecule has 0 aliphatic rings. The van der Waals surface area contributed by atoms with Crippen molar-refractivity contribution in [2.75, 3.05) is 0 Å². The van der Waals surface area contributed by atoms with E-state index in [1.165, 1.54) is 20.9 Å². The van der Waals surface area contributed by atoms with Gasteiger partial charge in [0.15, 0.2) is 0 Å². The molecular formula is C15H20ClNS. The summed E-state index contributed by atoms with van der Waals surface area (Å²) in [6.45, 7) is 7.45. The van der Waals surface area contributed by atoms with Crippen LogP contribution in [0.2, 0.25) is 0 Å². The predicted octanol–water partition coefficient (Wildman–Crippen LogP) is 4.64. The molecule has 0 saturated carbocycles. The topological polar surface area (TPSA) is 12.0 Å². The first kappa shape index (κ1) is 15.2. The Morgan fingerprint density at radius 2 is 1.94 bits per heavy atom. The van der Waals surface area contributed by atoms with Gasteiger partial charge in [0.2, 0.25) is 0 Å². The molecule has 0 fully saturated rings. The van der Waals surface area contributed by atoms with Crippen LogP contribution in [-0.4, -0.2) is 6.04 Å². The van der Waals surface area contributed by atoms with Gasteiger partial charge in [-0.1, -0.05) is 43.7 Å². The SMILES string of the molecule is Cc1cccc(-c2ccc(CNC(C)C)s2)c1.Cl. The Kier molecular flexibility index (Phi) is 5.86. The normalized spacial score (nSPS) is 10.4. The van der Waals surface area contributed by atoms with E-state index >= 15 is 0 Å². The minimum absolute atomic E-state index is 0. The smallest absolute Gasteiger partial charge is 0.0346 e. The molecule has 0 unspecified atom stereocenters. The summed E-state index contributed by atoms with van der Waals surface area (Å²) in [4.78, 5) is 2.75. The zero-order valence-electron chi connectivity index (χ0n) is 11.1. The molecule has 1 nitrogen and oxygen atoms in total. The van der Waals surface area contributed by atoms with E-state index in [4.69, 9.17) is 0 Å². The van der Waals surface area contributed by atoms with Crippen molar-refractivity contribution in [1.29, 1.82) is 0 Å². The Labute approximate surface area is 120 Å². The lowest BCUT2D eigenvalue weighted by atomic mass is 10.1. The van der Waals surface area contributed by atoms with E-state index in [2.05, 4.69) is 62.5 Å². The first-order chi connectivity index (χ1) is 8.15. The molecule has 2 aromatic rings. The second-order valence-corrected chi connectivity index (χ2v) is 5.84. The number of aryl methyl sites for hydroxylation is 1. The average Bonchev–Trinajstić information content (AvgIpc) is 2.75. The molecule has 0 bridgehead atoms. The third-order valence-electron chi connectivity index (χ3n) is 2.65. The molecule has 0 radical (unpaired) electrons. The van der Waals surface area contributed by atoms with Crippen LogP contribution in [0.3, 0.4) is 0 Å².